The maximum atomic E-state index is 11.8. The highest BCUT2D eigenvalue weighted by Crippen LogP contribution is 2.18. The molecule has 0 radical (unpaired) electrons. The number of aromatic nitrogens is 1. The van der Waals surface area contributed by atoms with Crippen molar-refractivity contribution in [2.45, 2.75) is 39.1 Å². The van der Waals surface area contributed by atoms with E-state index in [2.05, 4.69) is 34.4 Å². The summed E-state index contributed by atoms with van der Waals surface area (Å²) in [7, 11) is 0. The second-order valence-electron chi connectivity index (χ2n) is 6.35. The van der Waals surface area contributed by atoms with Crippen molar-refractivity contribution in [3.8, 4) is 0 Å². The fraction of sp³-hybridized carbons (Fsp3) is 0.444. The van der Waals surface area contributed by atoms with Crippen LogP contribution in [0.25, 0.3) is 0 Å². The highest BCUT2D eigenvalue weighted by atomic mass is 16.5. The van der Waals surface area contributed by atoms with Gasteiger partial charge in [-0.05, 0) is 31.5 Å². The van der Waals surface area contributed by atoms with E-state index in [4.69, 9.17) is 9.15 Å². The van der Waals surface area contributed by atoms with E-state index in [0.29, 0.717) is 13.1 Å². The van der Waals surface area contributed by atoms with Gasteiger partial charge in [0.1, 0.15) is 5.82 Å². The normalized spacial score (nSPS) is 20.3. The van der Waals surface area contributed by atoms with Crippen LogP contribution in [0.15, 0.2) is 41.3 Å². The average Bonchev–Trinajstić information content (AvgIpc) is 3.11. The molecule has 0 bridgehead atoms. The van der Waals surface area contributed by atoms with Crippen LogP contribution in [0, 0.1) is 0 Å². The number of ether oxygens (including phenoxy) is 1. The van der Waals surface area contributed by atoms with Crippen molar-refractivity contribution >= 4 is 11.8 Å². The molecule has 1 aliphatic heterocycles. The molecule has 2 atom stereocenters. The molecule has 2 aromatic heterocycles. The minimum absolute atomic E-state index is 0.200. The van der Waals surface area contributed by atoms with Gasteiger partial charge >= 0.3 is 6.03 Å². The van der Waals surface area contributed by atoms with Gasteiger partial charge in [0, 0.05) is 37.9 Å². The van der Waals surface area contributed by atoms with Crippen molar-refractivity contribution in [2.75, 3.05) is 18.0 Å². The minimum atomic E-state index is -0.221. The summed E-state index contributed by atoms with van der Waals surface area (Å²) >= 11 is 0. The smallest absolute Gasteiger partial charge is 0.315 e. The van der Waals surface area contributed by atoms with E-state index in [-0.39, 0.29) is 18.2 Å². The first-order valence-electron chi connectivity index (χ1n) is 8.48. The Morgan fingerprint density at radius 3 is 2.48 bits per heavy atom. The van der Waals surface area contributed by atoms with Crippen LogP contribution in [0.3, 0.4) is 0 Å². The maximum absolute atomic E-state index is 11.8. The molecule has 3 rings (SSSR count). The Morgan fingerprint density at radius 1 is 1.16 bits per heavy atom. The van der Waals surface area contributed by atoms with E-state index < -0.39 is 0 Å². The maximum Gasteiger partial charge on any atom is 0.315 e. The molecule has 0 aliphatic carbocycles. The Bertz CT molecular complexity index is 662. The van der Waals surface area contributed by atoms with Gasteiger partial charge in [-0.25, -0.2) is 9.78 Å². The van der Waals surface area contributed by atoms with Crippen LogP contribution in [-0.4, -0.2) is 36.3 Å². The Hall–Kier alpha value is -2.54. The Morgan fingerprint density at radius 2 is 1.88 bits per heavy atom. The largest absolute Gasteiger partial charge is 0.472 e. The van der Waals surface area contributed by atoms with Crippen LogP contribution < -0.4 is 15.5 Å². The molecule has 25 heavy (non-hydrogen) atoms. The molecule has 2 amide bonds. The van der Waals surface area contributed by atoms with Crippen LogP contribution in [0.2, 0.25) is 0 Å². The van der Waals surface area contributed by atoms with E-state index in [1.54, 1.807) is 18.7 Å². The minimum Gasteiger partial charge on any atom is -0.472 e. The zero-order valence-corrected chi connectivity index (χ0v) is 14.6. The number of amides is 2. The summed E-state index contributed by atoms with van der Waals surface area (Å²) in [5.41, 5.74) is 1.88. The SMILES string of the molecule is CC1CN(c2ccc(CNC(=O)NCc3ccoc3)cn2)CC(C)O1. The summed E-state index contributed by atoms with van der Waals surface area (Å²) in [6.07, 6.45) is 5.39. The number of rotatable bonds is 5. The number of carbonyl (C=O) groups is 1. The van der Waals surface area contributed by atoms with E-state index in [1.165, 1.54) is 0 Å². The number of nitrogens with zero attached hydrogens (tertiary/aromatic N) is 2. The molecule has 1 aliphatic rings. The second-order valence-corrected chi connectivity index (χ2v) is 6.35. The third-order valence-electron chi connectivity index (χ3n) is 4.04. The number of hydrogen-bond donors (Lipinski definition) is 2. The van der Waals surface area contributed by atoms with Crippen LogP contribution in [-0.2, 0) is 17.8 Å². The van der Waals surface area contributed by atoms with Crippen molar-refractivity contribution in [3.63, 3.8) is 0 Å². The summed E-state index contributed by atoms with van der Waals surface area (Å²) in [6, 6.07) is 5.58. The number of furan rings is 1. The van der Waals surface area contributed by atoms with Gasteiger partial charge in [-0.2, -0.15) is 0 Å². The predicted molar refractivity (Wildman–Crippen MR) is 94.2 cm³/mol. The molecule has 0 spiro atoms. The van der Waals surface area contributed by atoms with Gasteiger partial charge in [0.25, 0.3) is 0 Å². The third-order valence-corrected chi connectivity index (χ3v) is 4.04. The van der Waals surface area contributed by atoms with Gasteiger partial charge in [-0.15, -0.1) is 0 Å². The third kappa shape index (κ3) is 4.96. The molecule has 2 unspecified atom stereocenters. The van der Waals surface area contributed by atoms with Crippen molar-refractivity contribution in [3.05, 3.63) is 48.0 Å². The molecule has 3 heterocycles. The van der Waals surface area contributed by atoms with Crippen LogP contribution >= 0.6 is 0 Å². The summed E-state index contributed by atoms with van der Waals surface area (Å²) in [4.78, 5) is 18.6. The lowest BCUT2D eigenvalue weighted by Crippen LogP contribution is -2.45. The van der Waals surface area contributed by atoms with E-state index in [0.717, 1.165) is 30.0 Å². The number of nitrogens with one attached hydrogen (secondary N) is 2. The Labute approximate surface area is 147 Å². The first-order valence-corrected chi connectivity index (χ1v) is 8.48. The summed E-state index contributed by atoms with van der Waals surface area (Å²) in [6.45, 7) is 6.69. The molecule has 0 saturated carbocycles. The Kier molecular flexibility index (Phi) is 5.55. The fourth-order valence-corrected chi connectivity index (χ4v) is 2.89. The molecule has 0 aromatic carbocycles. The molecular formula is C18H24N4O3. The monoisotopic (exact) mass is 344 g/mol. The van der Waals surface area contributed by atoms with Gasteiger partial charge in [-0.3, -0.25) is 0 Å². The Balaban J connectivity index is 1.46. The molecule has 2 aromatic rings. The van der Waals surface area contributed by atoms with Gasteiger partial charge in [0.2, 0.25) is 0 Å². The van der Waals surface area contributed by atoms with Gasteiger partial charge in [0.15, 0.2) is 0 Å². The van der Waals surface area contributed by atoms with Crippen LogP contribution in [0.1, 0.15) is 25.0 Å². The first-order chi connectivity index (χ1) is 12.1. The molecule has 7 heteroatoms. The lowest BCUT2D eigenvalue weighted by Gasteiger charge is -2.36. The molecular weight excluding hydrogens is 320 g/mol. The molecule has 1 saturated heterocycles. The lowest BCUT2D eigenvalue weighted by atomic mass is 10.2. The van der Waals surface area contributed by atoms with Crippen molar-refractivity contribution in [2.24, 2.45) is 0 Å². The highest BCUT2D eigenvalue weighted by molar-refractivity contribution is 5.73. The predicted octanol–water partition coefficient (Wildman–Crippen LogP) is 2.29. The topological polar surface area (TPSA) is 79.6 Å². The molecule has 2 N–H and O–H groups in total. The lowest BCUT2D eigenvalue weighted by molar-refractivity contribution is -0.00546. The summed E-state index contributed by atoms with van der Waals surface area (Å²) in [5.74, 6) is 0.940. The van der Waals surface area contributed by atoms with E-state index in [9.17, 15) is 4.79 Å². The number of morpholine rings is 1. The van der Waals surface area contributed by atoms with Crippen LogP contribution in [0.4, 0.5) is 10.6 Å². The summed E-state index contributed by atoms with van der Waals surface area (Å²) in [5, 5.41) is 5.60. The quantitative estimate of drug-likeness (QED) is 0.870. The zero-order valence-electron chi connectivity index (χ0n) is 14.6. The molecule has 1 fully saturated rings. The molecule has 7 nitrogen and oxygen atoms in total. The van der Waals surface area contributed by atoms with Gasteiger partial charge in [-0.1, -0.05) is 6.07 Å². The number of urea groups is 1. The number of anilines is 1. The van der Waals surface area contributed by atoms with Gasteiger partial charge < -0.3 is 24.7 Å². The standard InChI is InChI=1S/C18H24N4O3/c1-13-10-22(11-14(2)25-13)17-4-3-15(7-19-17)8-20-18(23)21-9-16-5-6-24-12-16/h3-7,12-14H,8-11H2,1-2H3,(H2,20,21,23). The van der Waals surface area contributed by atoms with E-state index in [1.807, 2.05) is 18.2 Å². The average molecular weight is 344 g/mol. The van der Waals surface area contributed by atoms with Crippen molar-refractivity contribution in [1.82, 2.24) is 15.6 Å². The second kappa shape index (κ2) is 8.02. The first kappa shape index (κ1) is 17.3. The number of carbonyl (C=O) groups excluding carboxylic acids is 1. The molecule has 134 valence electrons. The van der Waals surface area contributed by atoms with Crippen molar-refractivity contribution < 1.29 is 13.9 Å². The highest BCUT2D eigenvalue weighted by Gasteiger charge is 2.22. The number of pyridine rings is 1. The zero-order chi connectivity index (χ0) is 17.6. The van der Waals surface area contributed by atoms with Crippen molar-refractivity contribution in [1.29, 1.82) is 0 Å². The fourth-order valence-electron chi connectivity index (χ4n) is 2.89. The summed E-state index contributed by atoms with van der Waals surface area (Å²) < 4.78 is 10.7. The van der Waals surface area contributed by atoms with Crippen LogP contribution in [0.5, 0.6) is 0 Å². The van der Waals surface area contributed by atoms with Gasteiger partial charge in [0.05, 0.1) is 24.7 Å². The van der Waals surface area contributed by atoms with E-state index >= 15 is 0 Å². The number of hydrogen-bond acceptors (Lipinski definition) is 5.